The van der Waals surface area contributed by atoms with Crippen LogP contribution < -0.4 is 4.74 Å². The predicted octanol–water partition coefficient (Wildman–Crippen LogP) is 4.92. The fourth-order valence-electron chi connectivity index (χ4n) is 3.23. The van der Waals surface area contributed by atoms with Crippen molar-refractivity contribution in [2.45, 2.75) is 51.9 Å². The maximum Gasteiger partial charge on any atom is 0.118 e. The van der Waals surface area contributed by atoms with Crippen molar-refractivity contribution >= 4 is 0 Å². The topological polar surface area (TPSA) is 27.7 Å². The van der Waals surface area contributed by atoms with Crippen LogP contribution in [-0.2, 0) is 16.1 Å². The van der Waals surface area contributed by atoms with E-state index < -0.39 is 0 Å². The number of methoxy groups -OCH3 is 1. The molecule has 1 aliphatic rings. The number of hydrogen-bond donors (Lipinski definition) is 0. The summed E-state index contributed by atoms with van der Waals surface area (Å²) in [5.74, 6) is 1.45. The van der Waals surface area contributed by atoms with Crippen molar-refractivity contribution < 1.29 is 14.2 Å². The molecule has 1 fully saturated rings. The van der Waals surface area contributed by atoms with Crippen molar-refractivity contribution in [1.82, 2.24) is 0 Å². The molecule has 0 bridgehead atoms. The van der Waals surface area contributed by atoms with E-state index in [1.807, 2.05) is 30.3 Å². The van der Waals surface area contributed by atoms with Gasteiger partial charge in [0.1, 0.15) is 5.75 Å². The van der Waals surface area contributed by atoms with E-state index in [1.165, 1.54) is 5.57 Å². The summed E-state index contributed by atoms with van der Waals surface area (Å²) < 4.78 is 17.0. The third kappa shape index (κ3) is 5.50. The lowest BCUT2D eigenvalue weighted by atomic mass is 9.95. The van der Waals surface area contributed by atoms with Gasteiger partial charge in [-0.25, -0.2) is 0 Å². The van der Waals surface area contributed by atoms with Gasteiger partial charge in [0.05, 0.1) is 32.5 Å². The Balaban J connectivity index is 1.70. The van der Waals surface area contributed by atoms with Gasteiger partial charge in [0.15, 0.2) is 0 Å². The standard InChI is InChI=1S/C21H30O3/c1-5-7-20-14-17(3)21(24-20)16(2)8-6-13-23-15-18-9-11-19(22-4)12-10-18/h5,8-12,17,20-21H,1,6-7,13-15H2,2-4H3/b16-8+/t17-,20?,21+/m1/s1. The quantitative estimate of drug-likeness (QED) is 0.475. The monoisotopic (exact) mass is 330 g/mol. The van der Waals surface area contributed by atoms with E-state index in [4.69, 9.17) is 14.2 Å². The van der Waals surface area contributed by atoms with Crippen molar-refractivity contribution in [2.75, 3.05) is 13.7 Å². The minimum Gasteiger partial charge on any atom is -0.497 e. The molecule has 3 atom stereocenters. The van der Waals surface area contributed by atoms with E-state index in [-0.39, 0.29) is 6.10 Å². The number of rotatable bonds is 9. The molecule has 0 radical (unpaired) electrons. The van der Waals surface area contributed by atoms with Gasteiger partial charge < -0.3 is 14.2 Å². The maximum atomic E-state index is 6.13. The summed E-state index contributed by atoms with van der Waals surface area (Å²) >= 11 is 0. The average molecular weight is 330 g/mol. The molecule has 0 aromatic heterocycles. The summed E-state index contributed by atoms with van der Waals surface area (Å²) in [4.78, 5) is 0. The number of ether oxygens (including phenoxy) is 3. The minimum absolute atomic E-state index is 0.247. The van der Waals surface area contributed by atoms with E-state index in [0.717, 1.165) is 37.2 Å². The maximum absolute atomic E-state index is 6.13. The fourth-order valence-corrected chi connectivity index (χ4v) is 3.23. The highest BCUT2D eigenvalue weighted by Gasteiger charge is 2.32. The molecule has 1 aliphatic heterocycles. The first-order valence-corrected chi connectivity index (χ1v) is 8.77. The normalized spacial score (nSPS) is 24.1. The molecule has 1 saturated heterocycles. The Morgan fingerprint density at radius 3 is 2.75 bits per heavy atom. The van der Waals surface area contributed by atoms with Gasteiger partial charge in [-0.15, -0.1) is 6.58 Å². The Morgan fingerprint density at radius 1 is 1.33 bits per heavy atom. The van der Waals surface area contributed by atoms with Crippen molar-refractivity contribution in [3.63, 3.8) is 0 Å². The zero-order valence-electron chi connectivity index (χ0n) is 15.2. The second-order valence-electron chi connectivity index (χ2n) is 6.55. The lowest BCUT2D eigenvalue weighted by molar-refractivity contribution is 0.0591. The SMILES string of the molecule is C=CCC1C[C@@H](C)[C@H](/C(C)=C/CCOCc2ccc(OC)cc2)O1. The average Bonchev–Trinajstić information content (AvgIpc) is 2.96. The molecule has 3 heteroatoms. The molecule has 0 spiro atoms. The third-order valence-corrected chi connectivity index (χ3v) is 4.53. The molecule has 1 aromatic rings. The molecule has 1 unspecified atom stereocenters. The molecule has 24 heavy (non-hydrogen) atoms. The van der Waals surface area contributed by atoms with Crippen LogP contribution in [-0.4, -0.2) is 25.9 Å². The van der Waals surface area contributed by atoms with Gasteiger partial charge >= 0.3 is 0 Å². The Labute approximate surface area is 146 Å². The first-order chi connectivity index (χ1) is 11.6. The minimum atomic E-state index is 0.247. The summed E-state index contributed by atoms with van der Waals surface area (Å²) in [7, 11) is 1.68. The summed E-state index contributed by atoms with van der Waals surface area (Å²) in [6.45, 7) is 9.60. The van der Waals surface area contributed by atoms with Gasteiger partial charge in [0.2, 0.25) is 0 Å². The van der Waals surface area contributed by atoms with E-state index in [2.05, 4.69) is 26.5 Å². The second kappa shape index (κ2) is 9.65. The highest BCUT2D eigenvalue weighted by molar-refractivity contribution is 5.26. The van der Waals surface area contributed by atoms with Crippen LogP contribution in [0.15, 0.2) is 48.6 Å². The van der Waals surface area contributed by atoms with Crippen LogP contribution in [0.1, 0.15) is 38.7 Å². The third-order valence-electron chi connectivity index (χ3n) is 4.53. The first-order valence-electron chi connectivity index (χ1n) is 8.77. The summed E-state index contributed by atoms with van der Waals surface area (Å²) in [6, 6.07) is 7.99. The highest BCUT2D eigenvalue weighted by Crippen LogP contribution is 2.32. The number of benzene rings is 1. The molecule has 0 N–H and O–H groups in total. The van der Waals surface area contributed by atoms with Gasteiger partial charge in [-0.05, 0) is 55.4 Å². The Hall–Kier alpha value is -1.58. The largest absolute Gasteiger partial charge is 0.497 e. The molecule has 0 amide bonds. The summed E-state index contributed by atoms with van der Waals surface area (Å²) in [5.41, 5.74) is 2.48. The van der Waals surface area contributed by atoms with Gasteiger partial charge in [-0.3, -0.25) is 0 Å². The molecule has 2 rings (SSSR count). The van der Waals surface area contributed by atoms with Crippen molar-refractivity contribution in [1.29, 1.82) is 0 Å². The van der Waals surface area contributed by atoms with Crippen molar-refractivity contribution in [3.8, 4) is 5.75 Å². The Bertz CT molecular complexity index is 533. The molecule has 1 heterocycles. The first kappa shape index (κ1) is 18.8. The zero-order chi connectivity index (χ0) is 17.4. The molecular weight excluding hydrogens is 300 g/mol. The predicted molar refractivity (Wildman–Crippen MR) is 98.3 cm³/mol. The molecule has 3 nitrogen and oxygen atoms in total. The van der Waals surface area contributed by atoms with Crippen molar-refractivity contribution in [2.24, 2.45) is 5.92 Å². The van der Waals surface area contributed by atoms with E-state index >= 15 is 0 Å². The molecule has 0 aliphatic carbocycles. The fraction of sp³-hybridized carbons (Fsp3) is 0.524. The Morgan fingerprint density at radius 2 is 2.08 bits per heavy atom. The van der Waals surface area contributed by atoms with Crippen LogP contribution in [0.5, 0.6) is 5.75 Å². The van der Waals surface area contributed by atoms with E-state index in [0.29, 0.717) is 18.6 Å². The molecule has 1 aromatic carbocycles. The van der Waals surface area contributed by atoms with Crippen LogP contribution in [0.4, 0.5) is 0 Å². The lowest BCUT2D eigenvalue weighted by Gasteiger charge is -2.16. The second-order valence-corrected chi connectivity index (χ2v) is 6.55. The Kier molecular flexibility index (Phi) is 7.54. The van der Waals surface area contributed by atoms with Crippen LogP contribution in [0.25, 0.3) is 0 Å². The summed E-state index contributed by atoms with van der Waals surface area (Å²) in [6.07, 6.45) is 7.76. The molecule has 132 valence electrons. The smallest absolute Gasteiger partial charge is 0.118 e. The van der Waals surface area contributed by atoms with Crippen LogP contribution in [0, 0.1) is 5.92 Å². The van der Waals surface area contributed by atoms with Gasteiger partial charge in [-0.2, -0.15) is 0 Å². The lowest BCUT2D eigenvalue weighted by Crippen LogP contribution is -2.15. The number of hydrogen-bond acceptors (Lipinski definition) is 3. The molecule has 0 saturated carbocycles. The van der Waals surface area contributed by atoms with Gasteiger partial charge in [-0.1, -0.05) is 31.2 Å². The van der Waals surface area contributed by atoms with Crippen LogP contribution in [0.3, 0.4) is 0 Å². The molecular formula is C21H30O3. The van der Waals surface area contributed by atoms with Crippen LogP contribution >= 0.6 is 0 Å². The van der Waals surface area contributed by atoms with Crippen LogP contribution in [0.2, 0.25) is 0 Å². The zero-order valence-corrected chi connectivity index (χ0v) is 15.2. The van der Waals surface area contributed by atoms with E-state index in [1.54, 1.807) is 7.11 Å². The highest BCUT2D eigenvalue weighted by atomic mass is 16.5. The van der Waals surface area contributed by atoms with Crippen molar-refractivity contribution in [3.05, 3.63) is 54.1 Å². The van der Waals surface area contributed by atoms with Gasteiger partial charge in [0.25, 0.3) is 0 Å². The summed E-state index contributed by atoms with van der Waals surface area (Å²) in [5, 5.41) is 0. The van der Waals surface area contributed by atoms with Gasteiger partial charge in [0, 0.05) is 0 Å². The van der Waals surface area contributed by atoms with E-state index in [9.17, 15) is 0 Å².